The SMILES string of the molecule is Fc1ccc(-c2ccc(F)nc2F)nc1. The zero-order valence-electron chi connectivity index (χ0n) is 7.42. The summed E-state index contributed by atoms with van der Waals surface area (Å²) in [6.07, 6.45) is 0.956. The van der Waals surface area contributed by atoms with Gasteiger partial charge in [-0.25, -0.2) is 4.39 Å². The second-order valence-electron chi connectivity index (χ2n) is 2.83. The zero-order valence-corrected chi connectivity index (χ0v) is 7.42. The van der Waals surface area contributed by atoms with Crippen molar-refractivity contribution in [3.8, 4) is 11.3 Å². The number of hydrogen-bond donors (Lipinski definition) is 0. The van der Waals surface area contributed by atoms with Gasteiger partial charge in [-0.1, -0.05) is 0 Å². The molecule has 0 amide bonds. The average molecular weight is 210 g/mol. The fourth-order valence-electron chi connectivity index (χ4n) is 1.14. The Morgan fingerprint density at radius 3 is 2.33 bits per heavy atom. The van der Waals surface area contributed by atoms with Gasteiger partial charge in [0.15, 0.2) is 0 Å². The smallest absolute Gasteiger partial charge is 0.224 e. The van der Waals surface area contributed by atoms with E-state index in [2.05, 4.69) is 9.97 Å². The summed E-state index contributed by atoms with van der Waals surface area (Å²) in [6.45, 7) is 0. The maximum Gasteiger partial charge on any atom is 0.224 e. The predicted octanol–water partition coefficient (Wildman–Crippen LogP) is 2.56. The van der Waals surface area contributed by atoms with Gasteiger partial charge in [-0.05, 0) is 24.3 Å². The predicted molar refractivity (Wildman–Crippen MR) is 47.3 cm³/mol. The number of halogens is 3. The minimum atomic E-state index is -0.964. The fraction of sp³-hybridized carbons (Fsp3) is 0. The van der Waals surface area contributed by atoms with Gasteiger partial charge >= 0.3 is 0 Å². The van der Waals surface area contributed by atoms with Crippen LogP contribution in [0, 0.1) is 17.7 Å². The molecule has 0 fully saturated rings. The molecule has 0 spiro atoms. The first-order valence-corrected chi connectivity index (χ1v) is 4.11. The van der Waals surface area contributed by atoms with E-state index in [-0.39, 0.29) is 11.3 Å². The quantitative estimate of drug-likeness (QED) is 0.676. The first-order chi connectivity index (χ1) is 7.16. The molecule has 0 N–H and O–H groups in total. The highest BCUT2D eigenvalue weighted by Gasteiger charge is 2.08. The summed E-state index contributed by atoms with van der Waals surface area (Å²) in [7, 11) is 0. The molecule has 2 rings (SSSR count). The van der Waals surface area contributed by atoms with Crippen LogP contribution in [0.2, 0.25) is 0 Å². The minimum absolute atomic E-state index is 0.0383. The molecule has 0 saturated heterocycles. The lowest BCUT2D eigenvalue weighted by atomic mass is 10.2. The molecule has 0 bridgehead atoms. The second kappa shape index (κ2) is 3.68. The summed E-state index contributed by atoms with van der Waals surface area (Å²) in [4.78, 5) is 6.67. The molecule has 2 aromatic heterocycles. The lowest BCUT2D eigenvalue weighted by Gasteiger charge is -2.00. The maximum absolute atomic E-state index is 13.2. The van der Waals surface area contributed by atoms with Gasteiger partial charge in [-0.3, -0.25) is 4.98 Å². The number of aromatic nitrogens is 2. The number of nitrogens with zero attached hydrogens (tertiary/aromatic N) is 2. The topological polar surface area (TPSA) is 25.8 Å². The summed E-state index contributed by atoms with van der Waals surface area (Å²) in [6, 6.07) is 4.67. The fourth-order valence-corrected chi connectivity index (χ4v) is 1.14. The van der Waals surface area contributed by atoms with E-state index in [1.807, 2.05) is 0 Å². The molecule has 15 heavy (non-hydrogen) atoms. The average Bonchev–Trinajstić information content (AvgIpc) is 2.20. The van der Waals surface area contributed by atoms with E-state index in [0.29, 0.717) is 0 Å². The van der Waals surface area contributed by atoms with Gasteiger partial charge in [0.2, 0.25) is 11.9 Å². The Hall–Kier alpha value is -1.91. The summed E-state index contributed by atoms with van der Waals surface area (Å²) >= 11 is 0. The Morgan fingerprint density at radius 2 is 1.73 bits per heavy atom. The molecule has 0 atom stereocenters. The van der Waals surface area contributed by atoms with Gasteiger partial charge in [-0.2, -0.15) is 13.8 Å². The van der Waals surface area contributed by atoms with Gasteiger partial charge in [0.05, 0.1) is 17.5 Å². The molecule has 5 heteroatoms. The van der Waals surface area contributed by atoms with Crippen LogP contribution in [0.15, 0.2) is 30.5 Å². The monoisotopic (exact) mass is 210 g/mol. The molecule has 76 valence electrons. The lowest BCUT2D eigenvalue weighted by molar-refractivity contribution is 0.515. The van der Waals surface area contributed by atoms with Crippen molar-refractivity contribution in [3.05, 3.63) is 48.2 Å². The normalized spacial score (nSPS) is 10.3. The van der Waals surface area contributed by atoms with Crippen LogP contribution in [0.1, 0.15) is 0 Å². The molecule has 2 heterocycles. The van der Waals surface area contributed by atoms with Crippen molar-refractivity contribution >= 4 is 0 Å². The van der Waals surface area contributed by atoms with Gasteiger partial charge in [0.1, 0.15) is 5.82 Å². The van der Waals surface area contributed by atoms with Crippen molar-refractivity contribution in [1.29, 1.82) is 0 Å². The highest BCUT2D eigenvalue weighted by atomic mass is 19.1. The van der Waals surface area contributed by atoms with Crippen LogP contribution in [0.3, 0.4) is 0 Å². The Kier molecular flexibility index (Phi) is 2.37. The van der Waals surface area contributed by atoms with Crippen molar-refractivity contribution in [3.63, 3.8) is 0 Å². The molecule has 0 aliphatic rings. The summed E-state index contributed by atoms with van der Waals surface area (Å²) in [5.41, 5.74) is 0.248. The first kappa shape index (κ1) is 9.64. The number of hydrogen-bond acceptors (Lipinski definition) is 2. The van der Waals surface area contributed by atoms with E-state index in [0.717, 1.165) is 18.3 Å². The van der Waals surface area contributed by atoms with Crippen LogP contribution >= 0.6 is 0 Å². The van der Waals surface area contributed by atoms with E-state index in [1.54, 1.807) is 0 Å². The van der Waals surface area contributed by atoms with E-state index in [1.165, 1.54) is 12.1 Å². The maximum atomic E-state index is 13.2. The summed E-state index contributed by atoms with van der Waals surface area (Å²) < 4.78 is 38.2. The van der Waals surface area contributed by atoms with Crippen LogP contribution in [0.25, 0.3) is 11.3 Å². The largest absolute Gasteiger partial charge is 0.253 e. The number of rotatable bonds is 1. The molecule has 0 aliphatic carbocycles. The molecular formula is C10H5F3N2. The summed E-state index contributed by atoms with van der Waals surface area (Å²) in [5, 5.41) is 0. The lowest BCUT2D eigenvalue weighted by Crippen LogP contribution is -1.94. The van der Waals surface area contributed by atoms with Crippen molar-refractivity contribution in [2.75, 3.05) is 0 Å². The van der Waals surface area contributed by atoms with Gasteiger partial charge in [0.25, 0.3) is 0 Å². The third-order valence-electron chi connectivity index (χ3n) is 1.82. The van der Waals surface area contributed by atoms with Crippen molar-refractivity contribution in [2.24, 2.45) is 0 Å². The molecule has 0 radical (unpaired) electrons. The molecule has 0 saturated carbocycles. The second-order valence-corrected chi connectivity index (χ2v) is 2.83. The Bertz CT molecular complexity index is 483. The Balaban J connectivity index is 2.49. The first-order valence-electron chi connectivity index (χ1n) is 4.11. The van der Waals surface area contributed by atoms with Gasteiger partial charge < -0.3 is 0 Å². The molecular weight excluding hydrogens is 205 g/mol. The van der Waals surface area contributed by atoms with E-state index in [4.69, 9.17) is 0 Å². The third-order valence-corrected chi connectivity index (χ3v) is 1.82. The standard InChI is InChI=1S/C10H5F3N2/c11-6-1-3-8(14-5-6)7-2-4-9(12)15-10(7)13/h1-5H. The van der Waals surface area contributed by atoms with Crippen molar-refractivity contribution in [1.82, 2.24) is 9.97 Å². The van der Waals surface area contributed by atoms with Gasteiger partial charge in [-0.15, -0.1) is 0 Å². The van der Waals surface area contributed by atoms with Crippen LogP contribution in [0.4, 0.5) is 13.2 Å². The Morgan fingerprint density at radius 1 is 0.933 bits per heavy atom. The molecule has 0 aromatic carbocycles. The van der Waals surface area contributed by atoms with Crippen molar-refractivity contribution < 1.29 is 13.2 Å². The van der Waals surface area contributed by atoms with Crippen LogP contribution in [0.5, 0.6) is 0 Å². The van der Waals surface area contributed by atoms with Crippen LogP contribution in [-0.2, 0) is 0 Å². The highest BCUT2D eigenvalue weighted by Crippen LogP contribution is 2.19. The van der Waals surface area contributed by atoms with Crippen LogP contribution in [-0.4, -0.2) is 9.97 Å². The zero-order chi connectivity index (χ0) is 10.8. The van der Waals surface area contributed by atoms with Crippen LogP contribution < -0.4 is 0 Å². The third kappa shape index (κ3) is 1.96. The van der Waals surface area contributed by atoms with E-state index < -0.39 is 17.7 Å². The minimum Gasteiger partial charge on any atom is -0.253 e. The van der Waals surface area contributed by atoms with Crippen molar-refractivity contribution in [2.45, 2.75) is 0 Å². The molecule has 2 nitrogen and oxygen atoms in total. The van der Waals surface area contributed by atoms with E-state index >= 15 is 0 Å². The highest BCUT2D eigenvalue weighted by molar-refractivity contribution is 5.57. The Labute approximate surface area is 83.4 Å². The summed E-state index contributed by atoms with van der Waals surface area (Å²) in [5.74, 6) is -2.39. The molecule has 2 aromatic rings. The van der Waals surface area contributed by atoms with Gasteiger partial charge in [0, 0.05) is 0 Å². The van der Waals surface area contributed by atoms with E-state index in [9.17, 15) is 13.2 Å². The molecule has 0 unspecified atom stereocenters. The number of pyridine rings is 2. The molecule has 0 aliphatic heterocycles.